The maximum absolute atomic E-state index is 12.8. The fourth-order valence-corrected chi connectivity index (χ4v) is 1.20. The minimum absolute atomic E-state index is 0.207. The van der Waals surface area contributed by atoms with Gasteiger partial charge >= 0.3 is 5.97 Å². The van der Waals surface area contributed by atoms with E-state index in [0.29, 0.717) is 10.4 Å². The predicted molar refractivity (Wildman–Crippen MR) is 63.8 cm³/mol. The molecule has 0 N–H and O–H groups in total. The van der Waals surface area contributed by atoms with Crippen LogP contribution in [0.3, 0.4) is 0 Å². The Hall–Kier alpha value is -1.41. The summed E-state index contributed by atoms with van der Waals surface area (Å²) in [4.78, 5) is 10.9. The monoisotopic (exact) mass is 299 g/mol. The number of ether oxygens (including phenoxy) is 1. The van der Waals surface area contributed by atoms with Crippen molar-refractivity contribution in [2.45, 2.75) is 12.8 Å². The van der Waals surface area contributed by atoms with Crippen molar-refractivity contribution in [1.82, 2.24) is 0 Å². The van der Waals surface area contributed by atoms with Gasteiger partial charge in [-0.25, -0.2) is 9.18 Å². The lowest BCUT2D eigenvalue weighted by Gasteiger charge is -1.99. The van der Waals surface area contributed by atoms with Crippen LogP contribution in [0.2, 0.25) is 0 Å². The van der Waals surface area contributed by atoms with Gasteiger partial charge in [-0.2, -0.15) is 5.26 Å². The zero-order valence-corrected chi connectivity index (χ0v) is 10.8. The first-order chi connectivity index (χ1) is 8.08. The van der Waals surface area contributed by atoms with Gasteiger partial charge in [0.05, 0.1) is 23.2 Å². The highest BCUT2D eigenvalue weighted by Crippen LogP contribution is 2.26. The molecular weight excluding hydrogens is 289 g/mol. The van der Waals surface area contributed by atoms with Crippen LogP contribution in [0.25, 0.3) is 0 Å². The van der Waals surface area contributed by atoms with E-state index in [1.807, 2.05) is 0 Å². The second-order valence-electron chi connectivity index (χ2n) is 3.52. The van der Waals surface area contributed by atoms with E-state index in [9.17, 15) is 9.18 Å². The molecule has 0 radical (unpaired) electrons. The highest BCUT2D eigenvalue weighted by molar-refractivity contribution is 9.10. The van der Waals surface area contributed by atoms with Crippen molar-refractivity contribution in [3.63, 3.8) is 0 Å². The van der Waals surface area contributed by atoms with Gasteiger partial charge in [0.2, 0.25) is 0 Å². The van der Waals surface area contributed by atoms with E-state index in [2.05, 4.69) is 26.7 Å². The highest BCUT2D eigenvalue weighted by Gasteiger charge is 2.19. The number of nitrogens with zero attached hydrogens (tertiary/aromatic N) is 1. The Morgan fingerprint density at radius 1 is 1.59 bits per heavy atom. The zero-order valence-electron chi connectivity index (χ0n) is 9.24. The number of benzene rings is 1. The van der Waals surface area contributed by atoms with E-state index in [1.165, 1.54) is 19.2 Å². The van der Waals surface area contributed by atoms with Gasteiger partial charge < -0.3 is 4.74 Å². The number of carbonyl (C=O) groups excluding carboxylic acids is 1. The van der Waals surface area contributed by atoms with Gasteiger partial charge in [-0.3, -0.25) is 0 Å². The van der Waals surface area contributed by atoms with Crippen LogP contribution in [0.1, 0.15) is 23.2 Å². The first-order valence-electron chi connectivity index (χ1n) is 5.01. The smallest absolute Gasteiger partial charge is 0.337 e. The third-order valence-electron chi connectivity index (χ3n) is 2.10. The number of hydrogen-bond donors (Lipinski definition) is 0. The van der Waals surface area contributed by atoms with E-state index in [0.717, 1.165) is 18.9 Å². The lowest BCUT2D eigenvalue weighted by atomic mass is 10.2. The Morgan fingerprint density at radius 3 is 2.59 bits per heavy atom. The second-order valence-corrected chi connectivity index (χ2v) is 4.38. The van der Waals surface area contributed by atoms with Crippen LogP contribution in [-0.2, 0) is 4.74 Å². The lowest BCUT2D eigenvalue weighted by Crippen LogP contribution is -2.01. The van der Waals surface area contributed by atoms with E-state index in [-0.39, 0.29) is 5.56 Å². The maximum Gasteiger partial charge on any atom is 0.337 e. The number of carbonyl (C=O) groups is 1. The summed E-state index contributed by atoms with van der Waals surface area (Å²) in [5, 5.41) is 7.96. The Kier molecular flexibility index (Phi) is 5.11. The van der Waals surface area contributed by atoms with Gasteiger partial charge in [0, 0.05) is 5.92 Å². The number of hydrogen-bond acceptors (Lipinski definition) is 3. The van der Waals surface area contributed by atoms with Gasteiger partial charge in [0.1, 0.15) is 5.82 Å². The molecule has 0 saturated heterocycles. The molecule has 3 nitrogen and oxygen atoms in total. The Morgan fingerprint density at radius 2 is 2.24 bits per heavy atom. The minimum atomic E-state index is -0.540. The van der Waals surface area contributed by atoms with Crippen LogP contribution < -0.4 is 0 Å². The molecule has 90 valence electrons. The number of halogens is 2. The average Bonchev–Trinajstić information content (AvgIpc) is 3.16. The molecule has 1 fully saturated rings. The van der Waals surface area contributed by atoms with Crippen molar-refractivity contribution in [1.29, 1.82) is 5.26 Å². The summed E-state index contributed by atoms with van der Waals surface area (Å²) in [6.07, 6.45) is 2.30. The SMILES string of the molecule is COC(=O)c1ccc(Br)c(F)c1.N#CC1CC1. The predicted octanol–water partition coefficient (Wildman–Crippen LogP) is 3.29. The molecule has 1 aromatic rings. The highest BCUT2D eigenvalue weighted by atomic mass is 79.9. The molecule has 2 rings (SSSR count). The molecule has 17 heavy (non-hydrogen) atoms. The zero-order chi connectivity index (χ0) is 12.8. The molecule has 0 unspecified atom stereocenters. The summed E-state index contributed by atoms with van der Waals surface area (Å²) >= 11 is 2.97. The molecule has 0 bridgehead atoms. The van der Waals surface area contributed by atoms with Gasteiger partial charge in [0.25, 0.3) is 0 Å². The van der Waals surface area contributed by atoms with Crippen LogP contribution in [0, 0.1) is 23.1 Å². The Balaban J connectivity index is 0.000000239. The van der Waals surface area contributed by atoms with E-state index in [1.54, 1.807) is 0 Å². The summed E-state index contributed by atoms with van der Waals surface area (Å²) in [6, 6.07) is 6.20. The first-order valence-corrected chi connectivity index (χ1v) is 5.80. The molecule has 0 aromatic heterocycles. The number of rotatable bonds is 1. The van der Waals surface area contributed by atoms with E-state index in [4.69, 9.17) is 5.26 Å². The van der Waals surface area contributed by atoms with Crippen molar-refractivity contribution in [2.75, 3.05) is 7.11 Å². The lowest BCUT2D eigenvalue weighted by molar-refractivity contribution is 0.0600. The normalized spacial score (nSPS) is 13.1. The Labute approximate surface area is 107 Å². The molecule has 5 heteroatoms. The molecule has 0 spiro atoms. The van der Waals surface area contributed by atoms with Crippen molar-refractivity contribution in [3.05, 3.63) is 34.1 Å². The molecule has 1 aliphatic rings. The van der Waals surface area contributed by atoms with Gasteiger partial charge in [-0.15, -0.1) is 0 Å². The second kappa shape index (κ2) is 6.36. The van der Waals surface area contributed by atoms with E-state index >= 15 is 0 Å². The van der Waals surface area contributed by atoms with Gasteiger partial charge in [-0.1, -0.05) is 0 Å². The van der Waals surface area contributed by atoms with Crippen molar-refractivity contribution < 1.29 is 13.9 Å². The molecule has 0 aliphatic heterocycles. The number of methoxy groups -OCH3 is 1. The van der Waals surface area contributed by atoms with Crippen molar-refractivity contribution >= 4 is 21.9 Å². The Bertz CT molecular complexity index is 452. The summed E-state index contributed by atoms with van der Waals surface area (Å²) in [5.74, 6) is -0.575. The largest absolute Gasteiger partial charge is 0.465 e. The fraction of sp³-hybridized carbons (Fsp3) is 0.333. The maximum atomic E-state index is 12.8. The van der Waals surface area contributed by atoms with Crippen LogP contribution in [0.5, 0.6) is 0 Å². The molecule has 0 atom stereocenters. The summed E-state index contributed by atoms with van der Waals surface area (Å²) in [5.41, 5.74) is 0.207. The molecule has 1 saturated carbocycles. The number of esters is 1. The first kappa shape index (κ1) is 13.7. The topological polar surface area (TPSA) is 50.1 Å². The van der Waals surface area contributed by atoms with Crippen LogP contribution in [0.4, 0.5) is 4.39 Å². The summed E-state index contributed by atoms with van der Waals surface area (Å²) in [6.45, 7) is 0. The van der Waals surface area contributed by atoms with Gasteiger partial charge in [0.15, 0.2) is 0 Å². The van der Waals surface area contributed by atoms with Crippen LogP contribution in [-0.4, -0.2) is 13.1 Å². The van der Waals surface area contributed by atoms with E-state index < -0.39 is 11.8 Å². The van der Waals surface area contributed by atoms with Gasteiger partial charge in [-0.05, 0) is 47.0 Å². The van der Waals surface area contributed by atoms with Crippen LogP contribution in [0.15, 0.2) is 22.7 Å². The molecule has 0 amide bonds. The molecular formula is C12H11BrFNO2. The molecule has 0 heterocycles. The molecule has 1 aliphatic carbocycles. The van der Waals surface area contributed by atoms with Crippen molar-refractivity contribution in [2.24, 2.45) is 5.92 Å². The minimum Gasteiger partial charge on any atom is -0.465 e. The fourth-order valence-electron chi connectivity index (χ4n) is 0.953. The third-order valence-corrected chi connectivity index (χ3v) is 2.74. The van der Waals surface area contributed by atoms with Crippen molar-refractivity contribution in [3.8, 4) is 6.07 Å². The standard InChI is InChI=1S/C8H6BrFO2.C4H5N/c1-12-8(11)5-2-3-6(9)7(10)4-5;5-3-4-1-2-4/h2-4H,1H3;4H,1-2H2. The molecule has 1 aromatic carbocycles. The number of nitriles is 1. The average molecular weight is 300 g/mol. The summed E-state index contributed by atoms with van der Waals surface area (Å²) < 4.78 is 17.6. The third kappa shape index (κ3) is 4.53. The summed E-state index contributed by atoms with van der Waals surface area (Å²) in [7, 11) is 1.25. The quantitative estimate of drug-likeness (QED) is 0.748. The van der Waals surface area contributed by atoms with Crippen LogP contribution >= 0.6 is 15.9 Å².